The number of hydrogen-bond acceptors (Lipinski definition) is 3. The van der Waals surface area contributed by atoms with Crippen molar-refractivity contribution in [3.63, 3.8) is 0 Å². The highest BCUT2D eigenvalue weighted by Crippen LogP contribution is 2.27. The van der Waals surface area contributed by atoms with Crippen LogP contribution in [0.3, 0.4) is 0 Å². The van der Waals surface area contributed by atoms with Crippen molar-refractivity contribution in [2.75, 3.05) is 13.1 Å². The molecule has 0 aromatic heterocycles. The van der Waals surface area contributed by atoms with Gasteiger partial charge in [-0.05, 0) is 32.6 Å². The van der Waals surface area contributed by atoms with Crippen molar-refractivity contribution < 1.29 is 19.5 Å². The maximum atomic E-state index is 12.7. The fraction of sp³-hybridized carbons (Fsp3) is 0.812. The van der Waals surface area contributed by atoms with E-state index in [0.29, 0.717) is 19.5 Å². The molecule has 2 saturated heterocycles. The molecule has 0 spiro atoms. The Hall–Kier alpha value is -1.59. The predicted molar refractivity (Wildman–Crippen MR) is 81.2 cm³/mol. The predicted octanol–water partition coefficient (Wildman–Crippen LogP) is 1.49. The maximum Gasteiger partial charge on any atom is 0.326 e. The van der Waals surface area contributed by atoms with Gasteiger partial charge in [0, 0.05) is 25.6 Å². The van der Waals surface area contributed by atoms with E-state index >= 15 is 0 Å². The second-order valence-corrected chi connectivity index (χ2v) is 6.47. The van der Waals surface area contributed by atoms with E-state index < -0.39 is 12.0 Å². The molecule has 124 valence electrons. The third-order valence-electron chi connectivity index (χ3n) is 4.82. The number of rotatable bonds is 5. The number of amides is 2. The standard InChI is InChI=1S/C16H26N2O4/c1-3-6-11(2)18-10-12(9-14(18)19)15(20)17-8-5-4-7-13(17)16(21)22/h11-13H,3-10H2,1-2H3,(H,21,22). The van der Waals surface area contributed by atoms with Gasteiger partial charge in [-0.25, -0.2) is 4.79 Å². The van der Waals surface area contributed by atoms with Gasteiger partial charge in [-0.3, -0.25) is 9.59 Å². The average molecular weight is 310 g/mol. The topological polar surface area (TPSA) is 77.9 Å². The van der Waals surface area contributed by atoms with Crippen LogP contribution in [0.2, 0.25) is 0 Å². The van der Waals surface area contributed by atoms with Gasteiger partial charge in [-0.15, -0.1) is 0 Å². The summed E-state index contributed by atoms with van der Waals surface area (Å²) in [6.07, 6.45) is 4.33. The van der Waals surface area contributed by atoms with Crippen LogP contribution in [0.25, 0.3) is 0 Å². The van der Waals surface area contributed by atoms with Crippen molar-refractivity contribution in [1.82, 2.24) is 9.80 Å². The number of carboxylic acids is 1. The average Bonchev–Trinajstić information content (AvgIpc) is 2.88. The summed E-state index contributed by atoms with van der Waals surface area (Å²) in [5.74, 6) is -1.46. The van der Waals surface area contributed by atoms with Gasteiger partial charge >= 0.3 is 5.97 Å². The van der Waals surface area contributed by atoms with Crippen molar-refractivity contribution in [3.05, 3.63) is 0 Å². The summed E-state index contributed by atoms with van der Waals surface area (Å²) < 4.78 is 0. The molecule has 0 bridgehead atoms. The molecular weight excluding hydrogens is 284 g/mol. The monoisotopic (exact) mass is 310 g/mol. The molecule has 22 heavy (non-hydrogen) atoms. The molecule has 6 heteroatoms. The van der Waals surface area contributed by atoms with Gasteiger partial charge in [-0.2, -0.15) is 0 Å². The number of carbonyl (C=O) groups is 3. The number of aliphatic carboxylic acids is 1. The number of hydrogen-bond donors (Lipinski definition) is 1. The Labute approximate surface area is 131 Å². The Kier molecular flexibility index (Phi) is 5.42. The van der Waals surface area contributed by atoms with Crippen molar-refractivity contribution >= 4 is 17.8 Å². The Morgan fingerprint density at radius 2 is 2.09 bits per heavy atom. The van der Waals surface area contributed by atoms with Crippen molar-refractivity contribution in [3.8, 4) is 0 Å². The molecule has 2 heterocycles. The van der Waals surface area contributed by atoms with E-state index in [1.54, 1.807) is 4.90 Å². The van der Waals surface area contributed by atoms with Gasteiger partial charge in [0.15, 0.2) is 0 Å². The number of likely N-dealkylation sites (tertiary alicyclic amines) is 2. The van der Waals surface area contributed by atoms with E-state index in [0.717, 1.165) is 25.7 Å². The van der Waals surface area contributed by atoms with E-state index in [1.165, 1.54) is 4.90 Å². The first kappa shape index (κ1) is 16.8. The zero-order valence-electron chi connectivity index (χ0n) is 13.5. The highest BCUT2D eigenvalue weighted by molar-refractivity contribution is 5.91. The second kappa shape index (κ2) is 7.11. The lowest BCUT2D eigenvalue weighted by Gasteiger charge is -2.34. The molecule has 2 amide bonds. The highest BCUT2D eigenvalue weighted by Gasteiger charge is 2.41. The largest absolute Gasteiger partial charge is 0.480 e. The molecule has 0 aromatic rings. The SMILES string of the molecule is CCCC(C)N1CC(C(=O)N2CCCCC2C(=O)O)CC1=O. The number of carbonyl (C=O) groups excluding carboxylic acids is 2. The molecule has 6 nitrogen and oxygen atoms in total. The molecule has 2 aliphatic rings. The summed E-state index contributed by atoms with van der Waals surface area (Å²) >= 11 is 0. The van der Waals surface area contributed by atoms with Crippen LogP contribution >= 0.6 is 0 Å². The first-order valence-electron chi connectivity index (χ1n) is 8.28. The lowest BCUT2D eigenvalue weighted by Crippen LogP contribution is -2.50. The minimum Gasteiger partial charge on any atom is -0.480 e. The normalized spacial score (nSPS) is 27.1. The molecule has 2 fully saturated rings. The van der Waals surface area contributed by atoms with Gasteiger partial charge in [0.2, 0.25) is 11.8 Å². The first-order chi connectivity index (χ1) is 10.5. The molecule has 2 rings (SSSR count). The van der Waals surface area contributed by atoms with Crippen LogP contribution in [0.4, 0.5) is 0 Å². The Morgan fingerprint density at radius 3 is 2.73 bits per heavy atom. The van der Waals surface area contributed by atoms with Gasteiger partial charge in [-0.1, -0.05) is 13.3 Å². The minimum atomic E-state index is -0.936. The number of piperidine rings is 1. The van der Waals surface area contributed by atoms with E-state index in [9.17, 15) is 19.5 Å². The summed E-state index contributed by atoms with van der Waals surface area (Å²) in [6, 6.07) is -0.578. The summed E-state index contributed by atoms with van der Waals surface area (Å²) in [4.78, 5) is 39.4. The molecule has 0 radical (unpaired) electrons. The quantitative estimate of drug-likeness (QED) is 0.834. The molecule has 0 aromatic carbocycles. The molecule has 2 aliphatic heterocycles. The molecule has 3 unspecified atom stereocenters. The summed E-state index contributed by atoms with van der Waals surface area (Å²) in [7, 11) is 0. The van der Waals surface area contributed by atoms with Crippen LogP contribution in [-0.2, 0) is 14.4 Å². The third kappa shape index (κ3) is 3.42. The maximum absolute atomic E-state index is 12.7. The summed E-state index contributed by atoms with van der Waals surface area (Å²) in [6.45, 7) is 5.01. The molecule has 0 saturated carbocycles. The smallest absolute Gasteiger partial charge is 0.326 e. The fourth-order valence-electron chi connectivity index (χ4n) is 3.58. The van der Waals surface area contributed by atoms with E-state index in [1.807, 2.05) is 6.92 Å². The van der Waals surface area contributed by atoms with Crippen molar-refractivity contribution in [2.45, 2.75) is 64.5 Å². The van der Waals surface area contributed by atoms with Crippen LogP contribution in [0, 0.1) is 5.92 Å². The van der Waals surface area contributed by atoms with Crippen LogP contribution in [0.5, 0.6) is 0 Å². The van der Waals surface area contributed by atoms with Gasteiger partial charge in [0.1, 0.15) is 6.04 Å². The Bertz CT molecular complexity index is 451. The van der Waals surface area contributed by atoms with E-state index in [2.05, 4.69) is 6.92 Å². The van der Waals surface area contributed by atoms with Crippen LogP contribution < -0.4 is 0 Å². The second-order valence-electron chi connectivity index (χ2n) is 6.47. The van der Waals surface area contributed by atoms with Crippen molar-refractivity contribution in [2.24, 2.45) is 5.92 Å². The zero-order valence-corrected chi connectivity index (χ0v) is 13.5. The van der Waals surface area contributed by atoms with Crippen molar-refractivity contribution in [1.29, 1.82) is 0 Å². The highest BCUT2D eigenvalue weighted by atomic mass is 16.4. The molecule has 0 aliphatic carbocycles. The Morgan fingerprint density at radius 1 is 1.36 bits per heavy atom. The van der Waals surface area contributed by atoms with Crippen LogP contribution in [0.15, 0.2) is 0 Å². The Balaban J connectivity index is 2.03. The number of carboxylic acid groups (broad SMARTS) is 1. The molecule has 3 atom stereocenters. The lowest BCUT2D eigenvalue weighted by atomic mass is 9.98. The minimum absolute atomic E-state index is 0.0168. The van der Waals surface area contributed by atoms with E-state index in [-0.39, 0.29) is 30.2 Å². The third-order valence-corrected chi connectivity index (χ3v) is 4.82. The first-order valence-corrected chi connectivity index (χ1v) is 8.28. The molecular formula is C16H26N2O4. The van der Waals surface area contributed by atoms with Gasteiger partial charge in [0.25, 0.3) is 0 Å². The fourth-order valence-corrected chi connectivity index (χ4v) is 3.58. The van der Waals surface area contributed by atoms with Crippen LogP contribution in [-0.4, -0.2) is 57.9 Å². The zero-order chi connectivity index (χ0) is 16.3. The van der Waals surface area contributed by atoms with Gasteiger partial charge < -0.3 is 14.9 Å². The number of nitrogens with zero attached hydrogens (tertiary/aromatic N) is 2. The lowest BCUT2D eigenvalue weighted by molar-refractivity contribution is -0.153. The van der Waals surface area contributed by atoms with E-state index in [4.69, 9.17) is 0 Å². The van der Waals surface area contributed by atoms with Crippen LogP contribution in [0.1, 0.15) is 52.4 Å². The summed E-state index contributed by atoms with van der Waals surface area (Å²) in [5.41, 5.74) is 0. The van der Waals surface area contributed by atoms with Gasteiger partial charge in [0.05, 0.1) is 5.92 Å². The molecule has 1 N–H and O–H groups in total. The summed E-state index contributed by atoms with van der Waals surface area (Å²) in [5, 5.41) is 9.29.